The van der Waals surface area contributed by atoms with E-state index < -0.39 is 16.8 Å². The van der Waals surface area contributed by atoms with Gasteiger partial charge in [0.2, 0.25) is 6.33 Å². The Balaban J connectivity index is 2.16. The molecule has 0 aliphatic heterocycles. The van der Waals surface area contributed by atoms with Gasteiger partial charge in [0.05, 0.1) is 12.0 Å². The Hall–Kier alpha value is -1.92. The lowest BCUT2D eigenvalue weighted by molar-refractivity contribution is -0.389. The molecule has 1 aliphatic rings. The van der Waals surface area contributed by atoms with E-state index in [2.05, 4.69) is 4.98 Å². The van der Waals surface area contributed by atoms with E-state index in [1.165, 1.54) is 17.1 Å². The minimum Gasteiger partial charge on any atom is -0.481 e. The molecule has 1 saturated carbocycles. The van der Waals surface area contributed by atoms with Crippen LogP contribution in [0.25, 0.3) is 0 Å². The fourth-order valence-electron chi connectivity index (χ4n) is 1.73. The molecule has 0 bridgehead atoms. The van der Waals surface area contributed by atoms with Crippen molar-refractivity contribution in [1.29, 1.82) is 0 Å². The predicted molar refractivity (Wildman–Crippen MR) is 48.3 cm³/mol. The molecule has 1 heterocycles. The number of aromatic nitrogens is 2. The molecule has 1 aliphatic carbocycles. The highest BCUT2D eigenvalue weighted by molar-refractivity contribution is 5.71. The van der Waals surface area contributed by atoms with Gasteiger partial charge in [-0.15, -0.1) is 0 Å². The van der Waals surface area contributed by atoms with Crippen LogP contribution in [0.4, 0.5) is 5.82 Å². The van der Waals surface area contributed by atoms with E-state index in [1.54, 1.807) is 0 Å². The molecule has 1 fully saturated rings. The quantitative estimate of drug-likeness (QED) is 0.589. The molecule has 2 rings (SSSR count). The third kappa shape index (κ3) is 1.56. The Morgan fingerprint density at radius 1 is 1.67 bits per heavy atom. The Morgan fingerprint density at radius 2 is 2.40 bits per heavy atom. The van der Waals surface area contributed by atoms with Crippen molar-refractivity contribution in [1.82, 2.24) is 9.55 Å². The summed E-state index contributed by atoms with van der Waals surface area (Å²) in [6.45, 7) is 0. The van der Waals surface area contributed by atoms with Gasteiger partial charge in [0.25, 0.3) is 0 Å². The third-order valence-electron chi connectivity index (χ3n) is 2.71. The number of aliphatic carboxylic acids is 1. The molecule has 0 aromatic carbocycles. The number of carboxylic acids is 1. The molecule has 2 atom stereocenters. The van der Waals surface area contributed by atoms with Crippen LogP contribution in [-0.4, -0.2) is 25.6 Å². The number of nitrogens with zero attached hydrogens (tertiary/aromatic N) is 3. The molecule has 0 amide bonds. The van der Waals surface area contributed by atoms with Gasteiger partial charge in [-0.1, -0.05) is 0 Å². The van der Waals surface area contributed by atoms with Crippen LogP contribution in [-0.2, 0) is 4.79 Å². The first kappa shape index (κ1) is 9.63. The maximum Gasteiger partial charge on any atom is 0.381 e. The molecule has 0 radical (unpaired) electrons. The van der Waals surface area contributed by atoms with Crippen molar-refractivity contribution >= 4 is 11.8 Å². The van der Waals surface area contributed by atoms with Crippen LogP contribution in [0, 0.1) is 16.0 Å². The molecule has 1 aromatic heterocycles. The highest BCUT2D eigenvalue weighted by Crippen LogP contribution is 2.38. The van der Waals surface area contributed by atoms with Gasteiger partial charge in [-0.2, -0.15) is 0 Å². The fourth-order valence-corrected chi connectivity index (χ4v) is 1.73. The van der Waals surface area contributed by atoms with Crippen LogP contribution in [0.3, 0.4) is 0 Å². The predicted octanol–water partition coefficient (Wildman–Crippen LogP) is 0.827. The van der Waals surface area contributed by atoms with Crippen LogP contribution >= 0.6 is 0 Å². The number of imidazole rings is 1. The number of rotatable bonds is 3. The zero-order chi connectivity index (χ0) is 11.0. The van der Waals surface area contributed by atoms with Crippen molar-refractivity contribution < 1.29 is 14.8 Å². The molecular formula is C8H9N3O4. The molecule has 7 heteroatoms. The van der Waals surface area contributed by atoms with Crippen LogP contribution in [0.5, 0.6) is 0 Å². The summed E-state index contributed by atoms with van der Waals surface area (Å²) in [4.78, 5) is 24.1. The number of carboxylic acid groups (broad SMARTS) is 1. The SMILES string of the molecule is O=C(O)C1CCC1n1cnc([N+](=O)[O-])c1. The topological polar surface area (TPSA) is 98.3 Å². The Bertz CT molecular complexity index is 414. The molecule has 7 nitrogen and oxygen atoms in total. The van der Waals surface area contributed by atoms with Crippen molar-refractivity contribution in [3.63, 3.8) is 0 Å². The molecular weight excluding hydrogens is 202 g/mol. The second-order valence-electron chi connectivity index (χ2n) is 3.53. The summed E-state index contributed by atoms with van der Waals surface area (Å²) in [6.07, 6.45) is 3.94. The maximum absolute atomic E-state index is 10.7. The molecule has 0 saturated heterocycles. The van der Waals surface area contributed by atoms with E-state index in [4.69, 9.17) is 5.11 Å². The van der Waals surface area contributed by atoms with Crippen molar-refractivity contribution in [2.75, 3.05) is 0 Å². The lowest BCUT2D eigenvalue weighted by atomic mass is 9.79. The second-order valence-corrected chi connectivity index (χ2v) is 3.53. The van der Waals surface area contributed by atoms with E-state index in [0.717, 1.165) is 6.42 Å². The molecule has 2 unspecified atom stereocenters. The lowest BCUT2D eigenvalue weighted by Gasteiger charge is -2.33. The van der Waals surface area contributed by atoms with Crippen molar-refractivity contribution in [2.45, 2.75) is 18.9 Å². The summed E-state index contributed by atoms with van der Waals surface area (Å²) < 4.78 is 1.51. The summed E-state index contributed by atoms with van der Waals surface area (Å²) >= 11 is 0. The van der Waals surface area contributed by atoms with E-state index in [-0.39, 0.29) is 11.9 Å². The molecule has 0 spiro atoms. The van der Waals surface area contributed by atoms with E-state index in [0.29, 0.717) is 6.42 Å². The highest BCUT2D eigenvalue weighted by Gasteiger charge is 2.38. The van der Waals surface area contributed by atoms with E-state index in [1.807, 2.05) is 0 Å². The van der Waals surface area contributed by atoms with Crippen molar-refractivity contribution in [2.24, 2.45) is 5.92 Å². The number of nitro groups is 1. The monoisotopic (exact) mass is 211 g/mol. The van der Waals surface area contributed by atoms with Crippen LogP contribution < -0.4 is 0 Å². The Kier molecular flexibility index (Phi) is 2.14. The molecule has 15 heavy (non-hydrogen) atoms. The van der Waals surface area contributed by atoms with Gasteiger partial charge < -0.3 is 19.8 Å². The van der Waals surface area contributed by atoms with Crippen LogP contribution in [0.1, 0.15) is 18.9 Å². The standard InChI is InChI=1S/C8H9N3O4/c12-8(13)5-1-2-6(5)10-3-7(9-4-10)11(14)15/h3-6H,1-2H2,(H,12,13). The zero-order valence-corrected chi connectivity index (χ0v) is 7.74. The zero-order valence-electron chi connectivity index (χ0n) is 7.74. The third-order valence-corrected chi connectivity index (χ3v) is 2.71. The normalized spacial score (nSPS) is 24.5. The Labute approximate surface area is 84.5 Å². The van der Waals surface area contributed by atoms with E-state index in [9.17, 15) is 14.9 Å². The minimum atomic E-state index is -0.859. The summed E-state index contributed by atoms with van der Waals surface area (Å²) in [5.41, 5.74) is 0. The minimum absolute atomic E-state index is 0.191. The number of carbonyl (C=O) groups is 1. The number of hydrogen-bond acceptors (Lipinski definition) is 4. The van der Waals surface area contributed by atoms with Crippen molar-refractivity contribution in [3.05, 3.63) is 22.6 Å². The average Bonchev–Trinajstić information content (AvgIpc) is 2.49. The fraction of sp³-hybridized carbons (Fsp3) is 0.500. The average molecular weight is 211 g/mol. The molecule has 80 valence electrons. The molecule has 1 aromatic rings. The van der Waals surface area contributed by atoms with Gasteiger partial charge in [0.1, 0.15) is 6.20 Å². The summed E-state index contributed by atoms with van der Waals surface area (Å²) in [5.74, 6) is -1.55. The first-order chi connectivity index (χ1) is 7.09. The largest absolute Gasteiger partial charge is 0.481 e. The summed E-state index contributed by atoms with van der Waals surface area (Å²) in [5, 5.41) is 19.2. The second kappa shape index (κ2) is 3.34. The smallest absolute Gasteiger partial charge is 0.381 e. The van der Waals surface area contributed by atoms with Crippen LogP contribution in [0.2, 0.25) is 0 Å². The summed E-state index contributed by atoms with van der Waals surface area (Å²) in [7, 11) is 0. The maximum atomic E-state index is 10.7. The van der Waals surface area contributed by atoms with Crippen LogP contribution in [0.15, 0.2) is 12.5 Å². The van der Waals surface area contributed by atoms with Gasteiger partial charge in [-0.05, 0) is 22.7 Å². The van der Waals surface area contributed by atoms with E-state index >= 15 is 0 Å². The number of hydrogen-bond donors (Lipinski definition) is 1. The first-order valence-electron chi connectivity index (χ1n) is 4.50. The first-order valence-corrected chi connectivity index (χ1v) is 4.50. The van der Waals surface area contributed by atoms with Gasteiger partial charge in [0.15, 0.2) is 0 Å². The van der Waals surface area contributed by atoms with Crippen molar-refractivity contribution in [3.8, 4) is 0 Å². The van der Waals surface area contributed by atoms with Gasteiger partial charge >= 0.3 is 11.8 Å². The Morgan fingerprint density at radius 3 is 2.80 bits per heavy atom. The highest BCUT2D eigenvalue weighted by atomic mass is 16.6. The molecule has 1 N–H and O–H groups in total. The van der Waals surface area contributed by atoms with Gasteiger partial charge in [-0.3, -0.25) is 4.79 Å². The van der Waals surface area contributed by atoms with Gasteiger partial charge in [0, 0.05) is 0 Å². The lowest BCUT2D eigenvalue weighted by Crippen LogP contribution is -2.34. The summed E-state index contributed by atoms with van der Waals surface area (Å²) in [6, 6.07) is -0.191. The van der Waals surface area contributed by atoms with Gasteiger partial charge in [-0.25, -0.2) is 0 Å².